The van der Waals surface area contributed by atoms with Gasteiger partial charge in [0.25, 0.3) is 10.0 Å². The first-order chi connectivity index (χ1) is 13.4. The number of sulfonamides is 1. The van der Waals surface area contributed by atoms with Crippen molar-refractivity contribution in [2.45, 2.75) is 4.90 Å². The van der Waals surface area contributed by atoms with E-state index in [1.807, 2.05) is 12.1 Å². The van der Waals surface area contributed by atoms with E-state index in [2.05, 4.69) is 27.9 Å². The zero-order valence-electron chi connectivity index (χ0n) is 14.5. The van der Waals surface area contributed by atoms with Crippen molar-refractivity contribution in [1.29, 1.82) is 0 Å². The fourth-order valence-corrected chi connectivity index (χ4v) is 4.51. The molecule has 0 atom stereocenters. The molecule has 0 radical (unpaired) electrons. The van der Waals surface area contributed by atoms with Crippen LogP contribution in [0.4, 0.5) is 11.4 Å². The largest absolute Gasteiger partial charge is 0.325 e. The van der Waals surface area contributed by atoms with E-state index in [-0.39, 0.29) is 11.4 Å². The summed E-state index contributed by atoms with van der Waals surface area (Å²) in [6.07, 6.45) is 0. The summed E-state index contributed by atoms with van der Waals surface area (Å²) in [6.45, 7) is -0.385. The average molecular weight is 527 g/mol. The van der Waals surface area contributed by atoms with E-state index in [0.29, 0.717) is 16.4 Å². The quantitative estimate of drug-likeness (QED) is 0.470. The summed E-state index contributed by atoms with van der Waals surface area (Å²) in [6, 6.07) is 21.6. The van der Waals surface area contributed by atoms with Crippen molar-refractivity contribution >= 4 is 61.5 Å². The molecule has 0 unspecified atom stereocenters. The SMILES string of the molecule is O=C(CN(c1cccc(Cl)c1)S(=O)(=O)c1ccccc1)Nc1ccc(I)cc1. The van der Waals surface area contributed by atoms with Gasteiger partial charge in [0.1, 0.15) is 6.54 Å². The molecule has 0 heterocycles. The minimum Gasteiger partial charge on any atom is -0.325 e. The molecule has 144 valence electrons. The molecule has 0 aromatic heterocycles. The number of rotatable bonds is 6. The summed E-state index contributed by atoms with van der Waals surface area (Å²) >= 11 is 8.21. The predicted octanol–water partition coefficient (Wildman–Crippen LogP) is 4.78. The molecule has 0 spiro atoms. The van der Waals surface area contributed by atoms with Crippen LogP contribution in [-0.4, -0.2) is 20.9 Å². The van der Waals surface area contributed by atoms with E-state index >= 15 is 0 Å². The molecule has 0 aliphatic carbocycles. The summed E-state index contributed by atoms with van der Waals surface area (Å²) in [5, 5.41) is 3.10. The lowest BCUT2D eigenvalue weighted by Gasteiger charge is -2.24. The lowest BCUT2D eigenvalue weighted by atomic mass is 10.3. The van der Waals surface area contributed by atoms with Crippen molar-refractivity contribution in [1.82, 2.24) is 0 Å². The third-order valence-corrected chi connectivity index (χ3v) is 6.58. The van der Waals surface area contributed by atoms with Crippen LogP contribution < -0.4 is 9.62 Å². The summed E-state index contributed by atoms with van der Waals surface area (Å²) in [5.74, 6) is -0.458. The number of carbonyl (C=O) groups is 1. The fraction of sp³-hybridized carbons (Fsp3) is 0.0500. The molecule has 8 heteroatoms. The standard InChI is InChI=1S/C20H16ClIN2O3S/c21-15-5-4-6-18(13-15)24(28(26,27)19-7-2-1-3-8-19)14-20(25)23-17-11-9-16(22)10-12-17/h1-13H,14H2,(H,23,25). The Morgan fingerprint density at radius 1 is 0.964 bits per heavy atom. The smallest absolute Gasteiger partial charge is 0.264 e. The number of nitrogens with one attached hydrogen (secondary N) is 1. The van der Waals surface area contributed by atoms with Crippen molar-refractivity contribution in [3.8, 4) is 0 Å². The second kappa shape index (κ2) is 8.93. The summed E-state index contributed by atoms with van der Waals surface area (Å²) < 4.78 is 28.4. The van der Waals surface area contributed by atoms with Crippen LogP contribution in [0.1, 0.15) is 0 Å². The fourth-order valence-electron chi connectivity index (χ4n) is 2.53. The van der Waals surface area contributed by atoms with Gasteiger partial charge in [-0.1, -0.05) is 35.9 Å². The molecule has 0 aliphatic rings. The van der Waals surface area contributed by atoms with Crippen LogP contribution in [0.3, 0.4) is 0 Å². The van der Waals surface area contributed by atoms with Crippen molar-refractivity contribution in [2.75, 3.05) is 16.2 Å². The number of hydrogen-bond donors (Lipinski definition) is 1. The van der Waals surface area contributed by atoms with E-state index in [0.717, 1.165) is 7.88 Å². The number of carbonyl (C=O) groups excluding carboxylic acids is 1. The van der Waals surface area contributed by atoms with Crippen LogP contribution in [0.15, 0.2) is 83.8 Å². The first-order valence-corrected chi connectivity index (χ1v) is 11.1. The van der Waals surface area contributed by atoms with Crippen molar-refractivity contribution in [3.63, 3.8) is 0 Å². The molecule has 3 aromatic carbocycles. The number of anilines is 2. The Labute approximate surface area is 182 Å². The van der Waals surface area contributed by atoms with Crippen LogP contribution in [-0.2, 0) is 14.8 Å². The van der Waals surface area contributed by atoms with Gasteiger partial charge in [-0.2, -0.15) is 0 Å². The van der Waals surface area contributed by atoms with Crippen LogP contribution in [0.5, 0.6) is 0 Å². The first-order valence-electron chi connectivity index (χ1n) is 8.25. The zero-order valence-corrected chi connectivity index (χ0v) is 18.3. The van der Waals surface area contributed by atoms with E-state index in [1.165, 1.54) is 18.2 Å². The highest BCUT2D eigenvalue weighted by Crippen LogP contribution is 2.26. The Bertz CT molecular complexity index is 1070. The third-order valence-electron chi connectivity index (χ3n) is 3.84. The van der Waals surface area contributed by atoms with Gasteiger partial charge in [-0.3, -0.25) is 9.10 Å². The predicted molar refractivity (Wildman–Crippen MR) is 120 cm³/mol. The molecule has 28 heavy (non-hydrogen) atoms. The maximum absolute atomic E-state index is 13.2. The molecule has 0 saturated carbocycles. The monoisotopic (exact) mass is 526 g/mol. The van der Waals surface area contributed by atoms with Crippen molar-refractivity contribution in [2.24, 2.45) is 0 Å². The normalized spacial score (nSPS) is 11.1. The van der Waals surface area contributed by atoms with E-state index in [9.17, 15) is 13.2 Å². The topological polar surface area (TPSA) is 66.5 Å². The highest BCUT2D eigenvalue weighted by atomic mass is 127. The van der Waals surface area contributed by atoms with Gasteiger partial charge >= 0.3 is 0 Å². The maximum Gasteiger partial charge on any atom is 0.264 e. The minimum atomic E-state index is -3.95. The molecule has 0 bridgehead atoms. The molecule has 3 aromatic rings. The van der Waals surface area contributed by atoms with Crippen LogP contribution >= 0.6 is 34.2 Å². The first kappa shape index (κ1) is 20.6. The molecule has 3 rings (SSSR count). The van der Waals surface area contributed by atoms with Gasteiger partial charge in [0.15, 0.2) is 0 Å². The van der Waals surface area contributed by atoms with Crippen molar-refractivity contribution in [3.05, 3.63) is 87.5 Å². The molecule has 1 N–H and O–H groups in total. The number of halogens is 2. The minimum absolute atomic E-state index is 0.0945. The Kier molecular flexibility index (Phi) is 6.58. The van der Waals surface area contributed by atoms with Gasteiger partial charge in [-0.05, 0) is 77.2 Å². The molecular formula is C20H16ClIN2O3S. The molecule has 5 nitrogen and oxygen atoms in total. The number of amides is 1. The summed E-state index contributed by atoms with van der Waals surface area (Å²) in [4.78, 5) is 12.7. The van der Waals surface area contributed by atoms with Crippen LogP contribution in [0.25, 0.3) is 0 Å². The van der Waals surface area contributed by atoms with Crippen molar-refractivity contribution < 1.29 is 13.2 Å². The Morgan fingerprint density at radius 3 is 2.29 bits per heavy atom. The second-order valence-corrected chi connectivity index (χ2v) is 9.40. The third kappa shape index (κ3) is 5.03. The molecule has 0 fully saturated rings. The van der Waals surface area contributed by atoms with Gasteiger partial charge in [0.05, 0.1) is 10.6 Å². The highest BCUT2D eigenvalue weighted by Gasteiger charge is 2.27. The van der Waals surface area contributed by atoms with Gasteiger partial charge < -0.3 is 5.32 Å². The number of hydrogen-bond acceptors (Lipinski definition) is 3. The van der Waals surface area contributed by atoms with E-state index in [1.54, 1.807) is 48.5 Å². The average Bonchev–Trinajstić information content (AvgIpc) is 2.68. The Hall–Kier alpha value is -2.10. The number of nitrogens with zero attached hydrogens (tertiary/aromatic N) is 1. The second-order valence-electron chi connectivity index (χ2n) is 5.86. The number of benzene rings is 3. The van der Waals surface area contributed by atoms with Gasteiger partial charge in [-0.25, -0.2) is 8.42 Å². The van der Waals surface area contributed by atoms with Gasteiger partial charge in [-0.15, -0.1) is 0 Å². The van der Waals surface area contributed by atoms with Gasteiger partial charge in [0.2, 0.25) is 5.91 Å². The molecular weight excluding hydrogens is 511 g/mol. The van der Waals surface area contributed by atoms with E-state index in [4.69, 9.17) is 11.6 Å². The summed E-state index contributed by atoms with van der Waals surface area (Å²) in [7, 11) is -3.95. The van der Waals surface area contributed by atoms with E-state index < -0.39 is 15.9 Å². The van der Waals surface area contributed by atoms with Crippen LogP contribution in [0.2, 0.25) is 5.02 Å². The Morgan fingerprint density at radius 2 is 1.64 bits per heavy atom. The zero-order chi connectivity index (χ0) is 20.1. The van der Waals surface area contributed by atoms with Crippen LogP contribution in [0, 0.1) is 3.57 Å². The summed E-state index contributed by atoms with van der Waals surface area (Å²) in [5.41, 5.74) is 0.905. The molecule has 0 saturated heterocycles. The lowest BCUT2D eigenvalue weighted by Crippen LogP contribution is -2.38. The lowest BCUT2D eigenvalue weighted by molar-refractivity contribution is -0.114. The molecule has 0 aliphatic heterocycles. The Balaban J connectivity index is 1.92. The maximum atomic E-state index is 13.2. The van der Waals surface area contributed by atoms with Gasteiger partial charge in [0, 0.05) is 14.3 Å². The highest BCUT2D eigenvalue weighted by molar-refractivity contribution is 14.1. The molecule has 1 amide bonds.